The molecule has 1 amide bonds. The molecule has 28 heavy (non-hydrogen) atoms. The lowest BCUT2D eigenvalue weighted by atomic mass is 9.98. The highest BCUT2D eigenvalue weighted by molar-refractivity contribution is 7.98. The van der Waals surface area contributed by atoms with Gasteiger partial charge in [-0.3, -0.25) is 4.79 Å². The van der Waals surface area contributed by atoms with E-state index in [2.05, 4.69) is 10.0 Å². The predicted octanol–water partition coefficient (Wildman–Crippen LogP) is 4.02. The number of nitrogens with one attached hydrogen (secondary N) is 2. The van der Waals surface area contributed by atoms with Gasteiger partial charge in [-0.2, -0.15) is 0 Å². The van der Waals surface area contributed by atoms with Crippen LogP contribution in [0.4, 0.5) is 5.69 Å². The second-order valence-electron chi connectivity index (χ2n) is 7.39. The lowest BCUT2D eigenvalue weighted by molar-refractivity contribution is -0.118. The SMILES string of the molecule is CSc1ccc(S(=O)(=O)NCCCOC2CCCCC2)cc1NC(=O)C(C)C. The molecule has 0 bridgehead atoms. The van der Waals surface area contributed by atoms with Gasteiger partial charge in [-0.1, -0.05) is 33.1 Å². The van der Waals surface area contributed by atoms with Crippen molar-refractivity contribution in [2.75, 3.05) is 24.7 Å². The summed E-state index contributed by atoms with van der Waals surface area (Å²) in [5.74, 6) is -0.324. The van der Waals surface area contributed by atoms with Crippen molar-refractivity contribution in [1.82, 2.24) is 4.72 Å². The number of rotatable bonds is 10. The van der Waals surface area contributed by atoms with Crippen molar-refractivity contribution in [3.8, 4) is 0 Å². The molecule has 1 saturated carbocycles. The number of benzene rings is 1. The van der Waals surface area contributed by atoms with Crippen LogP contribution in [0, 0.1) is 5.92 Å². The van der Waals surface area contributed by atoms with Gasteiger partial charge in [-0.25, -0.2) is 13.1 Å². The number of carbonyl (C=O) groups is 1. The van der Waals surface area contributed by atoms with Crippen LogP contribution in [0.5, 0.6) is 0 Å². The first-order chi connectivity index (χ1) is 13.3. The van der Waals surface area contributed by atoms with Crippen LogP contribution < -0.4 is 10.0 Å². The van der Waals surface area contributed by atoms with E-state index in [1.54, 1.807) is 26.0 Å². The normalized spacial score (nSPS) is 15.7. The van der Waals surface area contributed by atoms with Crippen molar-refractivity contribution < 1.29 is 17.9 Å². The summed E-state index contributed by atoms with van der Waals surface area (Å²) in [4.78, 5) is 13.0. The summed E-state index contributed by atoms with van der Waals surface area (Å²) in [6.07, 6.45) is 8.80. The van der Waals surface area contributed by atoms with Gasteiger partial charge in [-0.05, 0) is 43.7 Å². The van der Waals surface area contributed by atoms with Crippen LogP contribution in [0.3, 0.4) is 0 Å². The molecule has 6 nitrogen and oxygen atoms in total. The Balaban J connectivity index is 1.91. The molecule has 1 aliphatic carbocycles. The Morgan fingerprint density at radius 3 is 2.61 bits per heavy atom. The number of thioether (sulfide) groups is 1. The van der Waals surface area contributed by atoms with Gasteiger partial charge < -0.3 is 10.1 Å². The Morgan fingerprint density at radius 1 is 1.25 bits per heavy atom. The largest absolute Gasteiger partial charge is 0.378 e. The first-order valence-corrected chi connectivity index (χ1v) is 12.6. The molecule has 1 aromatic carbocycles. The minimum atomic E-state index is -3.64. The quantitative estimate of drug-likeness (QED) is 0.434. The number of sulfonamides is 1. The van der Waals surface area contributed by atoms with Crippen LogP contribution in [-0.2, 0) is 19.6 Å². The van der Waals surface area contributed by atoms with E-state index in [0.717, 1.165) is 17.7 Å². The highest BCUT2D eigenvalue weighted by Gasteiger charge is 2.18. The number of carbonyl (C=O) groups excluding carboxylic acids is 1. The number of hydrogen-bond acceptors (Lipinski definition) is 5. The maximum atomic E-state index is 12.6. The number of hydrogen-bond donors (Lipinski definition) is 2. The minimum Gasteiger partial charge on any atom is -0.378 e. The molecule has 0 aliphatic heterocycles. The Labute approximate surface area is 173 Å². The maximum Gasteiger partial charge on any atom is 0.240 e. The summed E-state index contributed by atoms with van der Waals surface area (Å²) in [6.45, 7) is 4.48. The topological polar surface area (TPSA) is 84.5 Å². The molecule has 0 heterocycles. The summed E-state index contributed by atoms with van der Waals surface area (Å²) < 4.78 is 33.7. The van der Waals surface area contributed by atoms with Crippen molar-refractivity contribution >= 4 is 33.4 Å². The van der Waals surface area contributed by atoms with E-state index in [1.807, 2.05) is 6.26 Å². The molecule has 158 valence electrons. The van der Waals surface area contributed by atoms with E-state index in [0.29, 0.717) is 31.4 Å². The third-order valence-electron chi connectivity index (χ3n) is 4.78. The molecule has 0 saturated heterocycles. The second kappa shape index (κ2) is 11.2. The highest BCUT2D eigenvalue weighted by atomic mass is 32.2. The van der Waals surface area contributed by atoms with Crippen LogP contribution in [0.25, 0.3) is 0 Å². The van der Waals surface area contributed by atoms with Crippen molar-refractivity contribution in [1.29, 1.82) is 0 Å². The fourth-order valence-corrected chi connectivity index (χ4v) is 4.71. The number of amides is 1. The van der Waals surface area contributed by atoms with Crippen LogP contribution >= 0.6 is 11.8 Å². The van der Waals surface area contributed by atoms with Crippen molar-refractivity contribution in [2.45, 2.75) is 68.3 Å². The first-order valence-electron chi connectivity index (χ1n) is 9.93. The van der Waals surface area contributed by atoms with Crippen LogP contribution in [0.2, 0.25) is 0 Å². The molecule has 0 radical (unpaired) electrons. The molecule has 8 heteroatoms. The fraction of sp³-hybridized carbons (Fsp3) is 0.650. The summed E-state index contributed by atoms with van der Waals surface area (Å²) in [6, 6.07) is 4.81. The summed E-state index contributed by atoms with van der Waals surface area (Å²) in [5.41, 5.74) is 0.523. The molecule has 1 fully saturated rings. The molecule has 2 N–H and O–H groups in total. The van der Waals surface area contributed by atoms with E-state index in [-0.39, 0.29) is 16.7 Å². The second-order valence-corrected chi connectivity index (χ2v) is 10.0. The minimum absolute atomic E-state index is 0.141. The van der Waals surface area contributed by atoms with Crippen LogP contribution in [-0.4, -0.2) is 39.8 Å². The first kappa shape index (κ1) is 23.2. The summed E-state index contributed by atoms with van der Waals surface area (Å²) >= 11 is 1.46. The lowest BCUT2D eigenvalue weighted by Gasteiger charge is -2.21. The molecule has 0 unspecified atom stereocenters. The molecule has 0 aromatic heterocycles. The zero-order valence-electron chi connectivity index (χ0n) is 17.0. The number of anilines is 1. The molecular weight excluding hydrogens is 396 g/mol. The van der Waals surface area contributed by atoms with Gasteiger partial charge in [0.05, 0.1) is 16.7 Å². The lowest BCUT2D eigenvalue weighted by Crippen LogP contribution is -2.27. The van der Waals surface area contributed by atoms with E-state index in [4.69, 9.17) is 4.74 Å². The van der Waals surface area contributed by atoms with Crippen molar-refractivity contribution in [2.24, 2.45) is 5.92 Å². The Morgan fingerprint density at radius 2 is 1.96 bits per heavy atom. The molecule has 0 atom stereocenters. The van der Waals surface area contributed by atoms with Crippen LogP contribution in [0.1, 0.15) is 52.4 Å². The van der Waals surface area contributed by atoms with E-state index < -0.39 is 10.0 Å². The van der Waals surface area contributed by atoms with Gasteiger partial charge in [0.25, 0.3) is 0 Å². The zero-order valence-corrected chi connectivity index (χ0v) is 18.6. The summed E-state index contributed by atoms with van der Waals surface area (Å²) in [7, 11) is -3.64. The zero-order chi connectivity index (χ0) is 20.6. The molecule has 0 spiro atoms. The average molecular weight is 429 g/mol. The fourth-order valence-electron chi connectivity index (χ4n) is 3.07. The molecule has 1 aliphatic rings. The van der Waals surface area contributed by atoms with E-state index in [1.165, 1.54) is 37.1 Å². The molecular formula is C20H32N2O4S2. The van der Waals surface area contributed by atoms with Gasteiger partial charge in [0.2, 0.25) is 15.9 Å². The monoisotopic (exact) mass is 428 g/mol. The predicted molar refractivity (Wildman–Crippen MR) is 114 cm³/mol. The van der Waals surface area contributed by atoms with E-state index >= 15 is 0 Å². The third kappa shape index (κ3) is 7.06. The summed E-state index contributed by atoms with van der Waals surface area (Å²) in [5, 5.41) is 2.81. The third-order valence-corrected chi connectivity index (χ3v) is 7.04. The van der Waals surface area contributed by atoms with Crippen molar-refractivity contribution in [3.63, 3.8) is 0 Å². The highest BCUT2D eigenvalue weighted by Crippen LogP contribution is 2.28. The van der Waals surface area contributed by atoms with Gasteiger partial charge in [0, 0.05) is 24.0 Å². The smallest absolute Gasteiger partial charge is 0.240 e. The van der Waals surface area contributed by atoms with Gasteiger partial charge in [0.15, 0.2) is 0 Å². The van der Waals surface area contributed by atoms with E-state index in [9.17, 15) is 13.2 Å². The Hall–Kier alpha value is -1.09. The van der Waals surface area contributed by atoms with Crippen molar-refractivity contribution in [3.05, 3.63) is 18.2 Å². The van der Waals surface area contributed by atoms with Gasteiger partial charge >= 0.3 is 0 Å². The van der Waals surface area contributed by atoms with Gasteiger partial charge in [-0.15, -0.1) is 11.8 Å². The maximum absolute atomic E-state index is 12.6. The average Bonchev–Trinajstić information content (AvgIpc) is 2.68. The molecule has 2 rings (SSSR count). The Kier molecular flexibility index (Phi) is 9.27. The molecule has 1 aromatic rings. The standard InChI is InChI=1S/C20H32N2O4S2/c1-15(2)20(23)22-18-14-17(10-11-19(18)27-3)28(24,25)21-12-7-13-26-16-8-5-4-6-9-16/h10-11,14-16,21H,4-9,12-13H2,1-3H3,(H,22,23). The van der Waals surface area contributed by atoms with Crippen LogP contribution in [0.15, 0.2) is 28.0 Å². The Bertz CT molecular complexity index is 745. The number of ether oxygens (including phenoxy) is 1. The van der Waals surface area contributed by atoms with Gasteiger partial charge in [0.1, 0.15) is 0 Å².